The minimum atomic E-state index is -0.653. The number of nitrogens with zero attached hydrogens (tertiary/aromatic N) is 3. The summed E-state index contributed by atoms with van der Waals surface area (Å²) in [6, 6.07) is 5.59. The normalized spacial score (nSPS) is 14.2. The van der Waals surface area contributed by atoms with E-state index in [4.69, 9.17) is 11.6 Å². The summed E-state index contributed by atoms with van der Waals surface area (Å²) in [5, 5.41) is -0.211. The van der Waals surface area contributed by atoms with Crippen LogP contribution in [0.15, 0.2) is 41.5 Å². The maximum atomic E-state index is 14.1. The summed E-state index contributed by atoms with van der Waals surface area (Å²) in [6.45, 7) is 1.02. The number of rotatable bonds is 3. The highest BCUT2D eigenvalue weighted by Crippen LogP contribution is 2.26. The quantitative estimate of drug-likeness (QED) is 0.699. The summed E-state index contributed by atoms with van der Waals surface area (Å²) in [5.74, 6) is -0.749. The van der Waals surface area contributed by atoms with Crippen molar-refractivity contribution in [3.8, 4) is 11.4 Å². The van der Waals surface area contributed by atoms with Gasteiger partial charge in [0.05, 0.1) is 10.7 Å². The third kappa shape index (κ3) is 3.48. The number of H-pyrrole nitrogens is 1. The van der Waals surface area contributed by atoms with Gasteiger partial charge in [-0.3, -0.25) is 14.7 Å². The minimum Gasteiger partial charge on any atom is -0.306 e. The van der Waals surface area contributed by atoms with Gasteiger partial charge in [0.15, 0.2) is 0 Å². The van der Waals surface area contributed by atoms with Crippen molar-refractivity contribution in [1.82, 2.24) is 19.9 Å². The van der Waals surface area contributed by atoms with Crippen LogP contribution in [0, 0.1) is 11.6 Å². The van der Waals surface area contributed by atoms with Gasteiger partial charge in [0, 0.05) is 48.7 Å². The summed E-state index contributed by atoms with van der Waals surface area (Å²) in [4.78, 5) is 25.6. The molecular formula is C19H15ClF2N4O. The molecular weight excluding hydrogens is 374 g/mol. The molecule has 0 radical (unpaired) electrons. The summed E-state index contributed by atoms with van der Waals surface area (Å²) >= 11 is 5.93. The topological polar surface area (TPSA) is 61.9 Å². The highest BCUT2D eigenvalue weighted by molar-refractivity contribution is 6.31. The van der Waals surface area contributed by atoms with Crippen LogP contribution in [0.5, 0.6) is 0 Å². The number of pyridine rings is 1. The molecule has 0 fully saturated rings. The van der Waals surface area contributed by atoms with Crippen LogP contribution in [0.4, 0.5) is 8.78 Å². The van der Waals surface area contributed by atoms with Gasteiger partial charge in [-0.1, -0.05) is 11.6 Å². The summed E-state index contributed by atoms with van der Waals surface area (Å²) in [6.07, 6.45) is 3.72. The van der Waals surface area contributed by atoms with Crippen molar-refractivity contribution in [3.05, 3.63) is 80.5 Å². The van der Waals surface area contributed by atoms with E-state index in [-0.39, 0.29) is 22.7 Å². The Hall–Kier alpha value is -2.64. The van der Waals surface area contributed by atoms with Crippen molar-refractivity contribution in [2.75, 3.05) is 6.54 Å². The van der Waals surface area contributed by atoms with Gasteiger partial charge in [-0.05, 0) is 30.7 Å². The Kier molecular flexibility index (Phi) is 4.72. The van der Waals surface area contributed by atoms with E-state index >= 15 is 0 Å². The smallest absolute Gasteiger partial charge is 0.254 e. The fraction of sp³-hybridized carbons (Fsp3) is 0.211. The molecule has 3 aromatic rings. The molecule has 2 aromatic heterocycles. The summed E-state index contributed by atoms with van der Waals surface area (Å²) < 4.78 is 27.7. The van der Waals surface area contributed by atoms with Crippen LogP contribution in [-0.4, -0.2) is 26.4 Å². The number of benzene rings is 1. The Morgan fingerprint density at radius 3 is 2.67 bits per heavy atom. The van der Waals surface area contributed by atoms with Gasteiger partial charge in [-0.15, -0.1) is 0 Å². The Morgan fingerprint density at radius 2 is 1.89 bits per heavy atom. The van der Waals surface area contributed by atoms with E-state index in [1.165, 1.54) is 0 Å². The van der Waals surface area contributed by atoms with Gasteiger partial charge in [-0.25, -0.2) is 13.8 Å². The molecule has 3 heterocycles. The number of aromatic amines is 1. The average molecular weight is 389 g/mol. The highest BCUT2D eigenvalue weighted by Gasteiger charge is 2.23. The molecule has 0 saturated heterocycles. The predicted molar refractivity (Wildman–Crippen MR) is 97.3 cm³/mol. The molecule has 138 valence electrons. The number of halogens is 3. The number of hydrogen-bond acceptors (Lipinski definition) is 4. The van der Waals surface area contributed by atoms with Crippen molar-refractivity contribution >= 4 is 11.6 Å². The molecule has 5 nitrogen and oxygen atoms in total. The van der Waals surface area contributed by atoms with E-state index in [9.17, 15) is 13.6 Å². The minimum absolute atomic E-state index is 0.110. The van der Waals surface area contributed by atoms with Crippen molar-refractivity contribution in [1.29, 1.82) is 0 Å². The third-order valence-corrected chi connectivity index (χ3v) is 5.04. The van der Waals surface area contributed by atoms with Crippen molar-refractivity contribution in [2.24, 2.45) is 0 Å². The monoisotopic (exact) mass is 388 g/mol. The first-order valence-electron chi connectivity index (χ1n) is 8.40. The van der Waals surface area contributed by atoms with Crippen LogP contribution in [0.3, 0.4) is 0 Å². The first-order valence-corrected chi connectivity index (χ1v) is 8.78. The van der Waals surface area contributed by atoms with Gasteiger partial charge in [0.25, 0.3) is 5.56 Å². The van der Waals surface area contributed by atoms with Gasteiger partial charge < -0.3 is 4.98 Å². The van der Waals surface area contributed by atoms with E-state index in [1.54, 1.807) is 24.5 Å². The SMILES string of the molecule is O=c1[nH]c(-c2ccncc2)nc2c1CCN(Cc1c(F)ccc(F)c1Cl)C2. The van der Waals surface area contributed by atoms with Gasteiger partial charge >= 0.3 is 0 Å². The molecule has 0 atom stereocenters. The third-order valence-electron chi connectivity index (χ3n) is 4.63. The lowest BCUT2D eigenvalue weighted by molar-refractivity contribution is 0.237. The lowest BCUT2D eigenvalue weighted by Gasteiger charge is -2.28. The molecule has 0 saturated carbocycles. The van der Waals surface area contributed by atoms with Crippen LogP contribution >= 0.6 is 11.6 Å². The fourth-order valence-electron chi connectivity index (χ4n) is 3.21. The largest absolute Gasteiger partial charge is 0.306 e. The summed E-state index contributed by atoms with van der Waals surface area (Å²) in [7, 11) is 0. The Labute approximate surface area is 158 Å². The second-order valence-corrected chi connectivity index (χ2v) is 6.74. The van der Waals surface area contributed by atoms with E-state index < -0.39 is 11.6 Å². The Morgan fingerprint density at radius 1 is 1.15 bits per heavy atom. The molecule has 1 aromatic carbocycles. The van der Waals surface area contributed by atoms with Crippen molar-refractivity contribution in [3.63, 3.8) is 0 Å². The van der Waals surface area contributed by atoms with E-state index in [1.807, 2.05) is 4.90 Å². The predicted octanol–water partition coefficient (Wildman–Crippen LogP) is 3.32. The molecule has 0 unspecified atom stereocenters. The molecule has 1 aliphatic heterocycles. The lowest BCUT2D eigenvalue weighted by atomic mass is 10.0. The summed E-state index contributed by atoms with van der Waals surface area (Å²) in [5.41, 5.74) is 1.93. The van der Waals surface area contributed by atoms with Crippen molar-refractivity contribution < 1.29 is 8.78 Å². The standard InChI is InChI=1S/C19H15ClF2N4O/c20-17-13(14(21)1-2-15(17)22)9-26-8-5-12-16(10-26)24-18(25-19(12)27)11-3-6-23-7-4-11/h1-4,6-7H,5,8-10H2,(H,24,25,27). The number of fused-ring (bicyclic) bond motifs is 1. The lowest BCUT2D eigenvalue weighted by Crippen LogP contribution is -2.35. The van der Waals surface area contributed by atoms with Crippen LogP contribution in [0.1, 0.15) is 16.8 Å². The highest BCUT2D eigenvalue weighted by atomic mass is 35.5. The maximum absolute atomic E-state index is 14.1. The molecule has 0 amide bonds. The van der Waals surface area contributed by atoms with Crippen LogP contribution in [0.2, 0.25) is 5.02 Å². The molecule has 8 heteroatoms. The first-order chi connectivity index (χ1) is 13.0. The molecule has 0 bridgehead atoms. The van der Waals surface area contributed by atoms with Gasteiger partial charge in [0.1, 0.15) is 17.5 Å². The zero-order valence-corrected chi connectivity index (χ0v) is 14.9. The molecule has 0 aliphatic carbocycles. The second-order valence-electron chi connectivity index (χ2n) is 6.36. The maximum Gasteiger partial charge on any atom is 0.254 e. The number of hydrogen-bond donors (Lipinski definition) is 1. The first kappa shape index (κ1) is 17.8. The van der Waals surface area contributed by atoms with E-state index in [2.05, 4.69) is 15.0 Å². The molecule has 0 spiro atoms. The Bertz CT molecular complexity index is 1060. The molecule has 27 heavy (non-hydrogen) atoms. The van der Waals surface area contributed by atoms with Gasteiger partial charge in [-0.2, -0.15) is 0 Å². The second kappa shape index (κ2) is 7.17. The Balaban J connectivity index is 1.64. The van der Waals surface area contributed by atoms with Crippen molar-refractivity contribution in [2.45, 2.75) is 19.5 Å². The molecule has 1 N–H and O–H groups in total. The average Bonchev–Trinajstić information content (AvgIpc) is 2.68. The number of aromatic nitrogens is 3. The molecule has 4 rings (SSSR count). The molecule has 1 aliphatic rings. The van der Waals surface area contributed by atoms with Crippen LogP contribution in [0.25, 0.3) is 11.4 Å². The fourth-order valence-corrected chi connectivity index (χ4v) is 3.43. The van der Waals surface area contributed by atoms with E-state index in [0.29, 0.717) is 36.6 Å². The number of nitrogens with one attached hydrogen (secondary N) is 1. The van der Waals surface area contributed by atoms with Gasteiger partial charge in [0.2, 0.25) is 0 Å². The van der Waals surface area contributed by atoms with Crippen LogP contribution < -0.4 is 5.56 Å². The zero-order chi connectivity index (χ0) is 19.0. The van der Waals surface area contributed by atoms with Crippen LogP contribution in [-0.2, 0) is 19.5 Å². The van der Waals surface area contributed by atoms with E-state index in [0.717, 1.165) is 17.7 Å². The zero-order valence-electron chi connectivity index (χ0n) is 14.2.